The lowest BCUT2D eigenvalue weighted by atomic mass is 9.92. The van der Waals surface area contributed by atoms with Gasteiger partial charge in [0.05, 0.1) is 11.3 Å². The van der Waals surface area contributed by atoms with Gasteiger partial charge < -0.3 is 11.1 Å². The fraction of sp³-hybridized carbons (Fsp3) is 0.500. The summed E-state index contributed by atoms with van der Waals surface area (Å²) in [7, 11) is 0. The van der Waals surface area contributed by atoms with Crippen LogP contribution in [0.25, 0.3) is 0 Å². The Kier molecular flexibility index (Phi) is 4.53. The van der Waals surface area contributed by atoms with Crippen LogP contribution in [0.3, 0.4) is 0 Å². The third kappa shape index (κ3) is 2.98. The van der Waals surface area contributed by atoms with E-state index in [-0.39, 0.29) is 5.54 Å². The molecular formula is C14H21N3. The van der Waals surface area contributed by atoms with E-state index in [2.05, 4.69) is 25.2 Å². The Balaban J connectivity index is 3.09. The Bertz CT molecular complexity index is 406. The lowest BCUT2D eigenvalue weighted by Crippen LogP contribution is -2.44. The molecule has 1 rings (SSSR count). The Labute approximate surface area is 104 Å². The molecule has 0 aromatic heterocycles. The minimum Gasteiger partial charge on any atom is -0.377 e. The molecule has 0 aliphatic heterocycles. The van der Waals surface area contributed by atoms with E-state index in [1.54, 1.807) is 0 Å². The molecule has 0 radical (unpaired) electrons. The molecule has 17 heavy (non-hydrogen) atoms. The molecule has 0 unspecified atom stereocenters. The predicted octanol–water partition coefficient (Wildman–Crippen LogP) is 2.80. The molecule has 1 aromatic carbocycles. The van der Waals surface area contributed by atoms with Crippen LogP contribution < -0.4 is 11.1 Å². The highest BCUT2D eigenvalue weighted by Gasteiger charge is 2.24. The van der Waals surface area contributed by atoms with E-state index in [1.807, 2.05) is 25.1 Å². The fourth-order valence-electron chi connectivity index (χ4n) is 1.91. The molecule has 0 heterocycles. The number of rotatable bonds is 5. The normalized spacial score (nSPS) is 11.0. The van der Waals surface area contributed by atoms with Crippen LogP contribution in [0.2, 0.25) is 0 Å². The quantitative estimate of drug-likeness (QED) is 0.819. The maximum atomic E-state index is 9.10. The van der Waals surface area contributed by atoms with Crippen molar-refractivity contribution < 1.29 is 0 Å². The van der Waals surface area contributed by atoms with Crippen molar-refractivity contribution in [1.29, 1.82) is 5.26 Å². The number of hydrogen-bond acceptors (Lipinski definition) is 3. The van der Waals surface area contributed by atoms with Crippen molar-refractivity contribution >= 4 is 5.69 Å². The first-order chi connectivity index (χ1) is 8.10. The summed E-state index contributed by atoms with van der Waals surface area (Å²) in [4.78, 5) is 0. The van der Waals surface area contributed by atoms with Gasteiger partial charge in [-0.2, -0.15) is 5.26 Å². The lowest BCUT2D eigenvalue weighted by molar-refractivity contribution is 0.445. The van der Waals surface area contributed by atoms with Crippen LogP contribution in [-0.4, -0.2) is 12.1 Å². The zero-order valence-corrected chi connectivity index (χ0v) is 10.9. The Morgan fingerprint density at radius 3 is 2.47 bits per heavy atom. The van der Waals surface area contributed by atoms with Crippen molar-refractivity contribution in [3.8, 4) is 6.07 Å². The fourth-order valence-corrected chi connectivity index (χ4v) is 1.91. The third-order valence-electron chi connectivity index (χ3n) is 3.44. The molecule has 0 saturated carbocycles. The van der Waals surface area contributed by atoms with Gasteiger partial charge in [-0.3, -0.25) is 0 Å². The van der Waals surface area contributed by atoms with Crippen LogP contribution in [0.5, 0.6) is 0 Å². The summed E-state index contributed by atoms with van der Waals surface area (Å²) < 4.78 is 0. The minimum absolute atomic E-state index is 0.112. The summed E-state index contributed by atoms with van der Waals surface area (Å²) in [6, 6.07) is 8.02. The zero-order valence-electron chi connectivity index (χ0n) is 10.9. The first kappa shape index (κ1) is 13.5. The van der Waals surface area contributed by atoms with Gasteiger partial charge in [-0.15, -0.1) is 0 Å². The van der Waals surface area contributed by atoms with E-state index in [0.717, 1.165) is 24.1 Å². The van der Waals surface area contributed by atoms with Crippen molar-refractivity contribution in [2.24, 2.45) is 5.73 Å². The van der Waals surface area contributed by atoms with Gasteiger partial charge in [0.15, 0.2) is 0 Å². The lowest BCUT2D eigenvalue weighted by Gasteiger charge is -2.33. The van der Waals surface area contributed by atoms with Crippen molar-refractivity contribution in [2.45, 2.75) is 39.2 Å². The monoisotopic (exact) mass is 231 g/mol. The average molecular weight is 231 g/mol. The molecule has 0 aliphatic carbocycles. The van der Waals surface area contributed by atoms with Crippen LogP contribution >= 0.6 is 0 Å². The predicted molar refractivity (Wildman–Crippen MR) is 71.9 cm³/mol. The minimum atomic E-state index is -0.112. The van der Waals surface area contributed by atoms with E-state index in [1.165, 1.54) is 0 Å². The van der Waals surface area contributed by atoms with E-state index >= 15 is 0 Å². The molecule has 3 heteroatoms. The number of nitrogens with two attached hydrogens (primary N) is 1. The molecule has 0 saturated heterocycles. The van der Waals surface area contributed by atoms with Gasteiger partial charge in [0, 0.05) is 12.1 Å². The van der Waals surface area contributed by atoms with Crippen molar-refractivity contribution in [2.75, 3.05) is 11.9 Å². The largest absolute Gasteiger partial charge is 0.377 e. The molecular weight excluding hydrogens is 210 g/mol. The number of benzene rings is 1. The van der Waals surface area contributed by atoms with Crippen molar-refractivity contribution in [3.05, 3.63) is 29.3 Å². The summed E-state index contributed by atoms with van der Waals surface area (Å²) in [6.45, 7) is 6.82. The summed E-state index contributed by atoms with van der Waals surface area (Å²) in [5, 5.41) is 12.6. The Morgan fingerprint density at radius 1 is 1.35 bits per heavy atom. The average Bonchev–Trinajstić information content (AvgIpc) is 2.36. The van der Waals surface area contributed by atoms with Gasteiger partial charge in [-0.25, -0.2) is 0 Å². The second-order valence-corrected chi connectivity index (χ2v) is 4.48. The van der Waals surface area contributed by atoms with Crippen LogP contribution in [0.15, 0.2) is 18.2 Å². The number of nitrogens with one attached hydrogen (secondary N) is 1. The highest BCUT2D eigenvalue weighted by Crippen LogP contribution is 2.24. The summed E-state index contributed by atoms with van der Waals surface area (Å²) in [5.41, 5.74) is 8.46. The first-order valence-corrected chi connectivity index (χ1v) is 6.09. The van der Waals surface area contributed by atoms with Crippen LogP contribution in [0.4, 0.5) is 5.69 Å². The SMILES string of the molecule is CCC(CC)(CN)Nc1cc(C)ccc1C#N. The summed E-state index contributed by atoms with van der Waals surface area (Å²) >= 11 is 0. The highest BCUT2D eigenvalue weighted by atomic mass is 15.0. The zero-order chi connectivity index (χ0) is 12.9. The van der Waals surface area contributed by atoms with E-state index < -0.39 is 0 Å². The summed E-state index contributed by atoms with van der Waals surface area (Å²) in [6.07, 6.45) is 1.89. The van der Waals surface area contributed by atoms with Gasteiger partial charge in [0.1, 0.15) is 6.07 Å². The van der Waals surface area contributed by atoms with Crippen molar-refractivity contribution in [3.63, 3.8) is 0 Å². The maximum absolute atomic E-state index is 9.10. The Morgan fingerprint density at radius 2 is 2.00 bits per heavy atom. The van der Waals surface area contributed by atoms with Gasteiger partial charge >= 0.3 is 0 Å². The van der Waals surface area contributed by atoms with Gasteiger partial charge in [0.25, 0.3) is 0 Å². The topological polar surface area (TPSA) is 61.8 Å². The number of nitrogens with zero attached hydrogens (tertiary/aromatic N) is 1. The third-order valence-corrected chi connectivity index (χ3v) is 3.44. The van der Waals surface area contributed by atoms with Crippen LogP contribution in [-0.2, 0) is 0 Å². The molecule has 0 amide bonds. The first-order valence-electron chi connectivity index (χ1n) is 6.09. The van der Waals surface area contributed by atoms with E-state index in [4.69, 9.17) is 11.0 Å². The second-order valence-electron chi connectivity index (χ2n) is 4.48. The van der Waals surface area contributed by atoms with Gasteiger partial charge in [-0.1, -0.05) is 19.9 Å². The number of nitriles is 1. The number of aryl methyl sites for hydroxylation is 1. The van der Waals surface area contributed by atoms with Gasteiger partial charge in [0.2, 0.25) is 0 Å². The summed E-state index contributed by atoms with van der Waals surface area (Å²) in [5.74, 6) is 0. The second kappa shape index (κ2) is 5.70. The van der Waals surface area contributed by atoms with Crippen LogP contribution in [0, 0.1) is 18.3 Å². The highest BCUT2D eigenvalue weighted by molar-refractivity contribution is 5.60. The van der Waals surface area contributed by atoms with E-state index in [0.29, 0.717) is 12.1 Å². The standard InChI is InChI=1S/C14H21N3/c1-4-14(5-2,10-16)17-13-8-11(3)6-7-12(13)9-15/h6-8,17H,4-5,10,16H2,1-3H3. The molecule has 0 spiro atoms. The van der Waals surface area contributed by atoms with Gasteiger partial charge in [-0.05, 0) is 37.5 Å². The van der Waals surface area contributed by atoms with Crippen LogP contribution in [0.1, 0.15) is 37.8 Å². The molecule has 0 aliphatic rings. The smallest absolute Gasteiger partial charge is 0.101 e. The maximum Gasteiger partial charge on any atom is 0.101 e. The molecule has 92 valence electrons. The molecule has 0 fully saturated rings. The molecule has 0 bridgehead atoms. The Hall–Kier alpha value is -1.53. The molecule has 3 nitrogen and oxygen atoms in total. The molecule has 0 atom stereocenters. The van der Waals surface area contributed by atoms with E-state index in [9.17, 15) is 0 Å². The molecule has 1 aromatic rings. The number of hydrogen-bond donors (Lipinski definition) is 2. The number of anilines is 1. The van der Waals surface area contributed by atoms with Crippen molar-refractivity contribution in [1.82, 2.24) is 0 Å². The molecule has 3 N–H and O–H groups in total.